The highest BCUT2D eigenvalue weighted by molar-refractivity contribution is 6.11. The molecule has 7 aromatic carbocycles. The summed E-state index contributed by atoms with van der Waals surface area (Å²) >= 11 is 0. The van der Waals surface area contributed by atoms with E-state index < -0.39 is 0 Å². The van der Waals surface area contributed by atoms with Gasteiger partial charge in [-0.3, -0.25) is 9.47 Å². The molecule has 240 valence electrons. The first-order valence-electron chi connectivity index (χ1n) is 17.2. The van der Waals surface area contributed by atoms with Gasteiger partial charge in [-0.05, 0) is 77.9 Å². The highest BCUT2D eigenvalue weighted by atomic mass is 15.3. The predicted molar refractivity (Wildman–Crippen MR) is 211 cm³/mol. The average Bonchev–Trinajstić information content (AvgIpc) is 3.72. The van der Waals surface area contributed by atoms with Gasteiger partial charge in [-0.25, -0.2) is 4.98 Å². The molecule has 0 unspecified atom stereocenters. The summed E-state index contributed by atoms with van der Waals surface area (Å²) in [6, 6.07) is 64.0. The number of benzene rings is 7. The van der Waals surface area contributed by atoms with Crippen LogP contribution in [0.15, 0.2) is 188 Å². The first-order chi connectivity index (χ1) is 25.3. The zero-order valence-corrected chi connectivity index (χ0v) is 27.6. The summed E-state index contributed by atoms with van der Waals surface area (Å²) in [5.41, 5.74) is 10.7. The molecule has 0 spiro atoms. The molecule has 5 heteroatoms. The maximum absolute atomic E-state index is 5.39. The highest BCUT2D eigenvalue weighted by Gasteiger charge is 2.22. The lowest BCUT2D eigenvalue weighted by molar-refractivity contribution is 1.07. The van der Waals surface area contributed by atoms with Crippen LogP contribution in [0.3, 0.4) is 0 Å². The van der Waals surface area contributed by atoms with Crippen molar-refractivity contribution < 1.29 is 0 Å². The molecule has 0 atom stereocenters. The van der Waals surface area contributed by atoms with Crippen molar-refractivity contribution in [1.29, 1.82) is 0 Å². The maximum atomic E-state index is 5.39. The first-order valence-corrected chi connectivity index (χ1v) is 17.2. The zero-order chi connectivity index (χ0) is 33.7. The summed E-state index contributed by atoms with van der Waals surface area (Å²) in [4.78, 5) is 12.7. The minimum absolute atomic E-state index is 0.598. The van der Waals surface area contributed by atoms with Crippen molar-refractivity contribution >= 4 is 61.1 Å². The fourth-order valence-corrected chi connectivity index (χ4v) is 7.45. The molecule has 0 saturated heterocycles. The number of fused-ring (bicyclic) bond motifs is 6. The van der Waals surface area contributed by atoms with Crippen LogP contribution in [-0.2, 0) is 0 Å². The molecule has 10 rings (SSSR count). The molecular weight excluding hydrogens is 623 g/mol. The van der Waals surface area contributed by atoms with Crippen LogP contribution in [0, 0.1) is 0 Å². The quantitative estimate of drug-likeness (QED) is 0.179. The number of hydrogen-bond donors (Lipinski definition) is 0. The molecule has 0 radical (unpaired) electrons. The van der Waals surface area contributed by atoms with Gasteiger partial charge in [0.15, 0.2) is 5.65 Å². The number of anilines is 3. The summed E-state index contributed by atoms with van der Waals surface area (Å²) in [5.74, 6) is 0.598. The van der Waals surface area contributed by atoms with Gasteiger partial charge < -0.3 is 4.57 Å². The van der Waals surface area contributed by atoms with E-state index in [9.17, 15) is 0 Å². The zero-order valence-electron chi connectivity index (χ0n) is 27.6. The lowest BCUT2D eigenvalue weighted by Crippen LogP contribution is -2.14. The van der Waals surface area contributed by atoms with Gasteiger partial charge in [-0.15, -0.1) is 0 Å². The fourth-order valence-electron chi connectivity index (χ4n) is 7.45. The van der Waals surface area contributed by atoms with Crippen LogP contribution < -0.4 is 4.90 Å². The molecule has 5 nitrogen and oxygen atoms in total. The Kier molecular flexibility index (Phi) is 6.74. The number of nitrogens with zero attached hydrogens (tertiary/aromatic N) is 5. The van der Waals surface area contributed by atoms with Crippen LogP contribution in [0.5, 0.6) is 0 Å². The van der Waals surface area contributed by atoms with E-state index in [1.165, 1.54) is 16.5 Å². The molecule has 0 N–H and O–H groups in total. The molecule has 0 saturated carbocycles. The second kappa shape index (κ2) is 11.9. The van der Waals surface area contributed by atoms with E-state index in [0.717, 1.165) is 61.2 Å². The molecule has 0 amide bonds. The Morgan fingerprint density at radius 3 is 1.59 bits per heavy atom. The molecule has 0 fully saturated rings. The monoisotopic (exact) mass is 653 g/mol. The van der Waals surface area contributed by atoms with Crippen LogP contribution in [0.25, 0.3) is 66.2 Å². The highest BCUT2D eigenvalue weighted by Crippen LogP contribution is 2.40. The molecular formula is C46H31N5. The Hall–Kier alpha value is -6.98. The van der Waals surface area contributed by atoms with Crippen LogP contribution in [-0.4, -0.2) is 19.1 Å². The molecule has 0 aliphatic rings. The smallest absolute Gasteiger partial charge is 0.236 e. The van der Waals surface area contributed by atoms with Gasteiger partial charge >= 0.3 is 0 Å². The van der Waals surface area contributed by atoms with E-state index in [2.05, 4.69) is 184 Å². The third-order valence-electron chi connectivity index (χ3n) is 9.78. The van der Waals surface area contributed by atoms with Gasteiger partial charge in [-0.2, -0.15) is 4.98 Å². The second-order valence-electron chi connectivity index (χ2n) is 12.7. The number of para-hydroxylation sites is 4. The summed E-state index contributed by atoms with van der Waals surface area (Å²) in [6.45, 7) is 0. The number of rotatable bonds is 6. The molecule has 51 heavy (non-hydrogen) atoms. The summed E-state index contributed by atoms with van der Waals surface area (Å²) in [7, 11) is 0. The Morgan fingerprint density at radius 2 is 0.902 bits per heavy atom. The van der Waals surface area contributed by atoms with Crippen LogP contribution in [0.4, 0.5) is 17.3 Å². The van der Waals surface area contributed by atoms with Crippen molar-refractivity contribution in [2.45, 2.75) is 0 Å². The van der Waals surface area contributed by atoms with Crippen LogP contribution in [0.2, 0.25) is 0 Å². The SMILES string of the molecule is c1ccc(-c2ccc(N(c3ccc4c(c3)c3ccccc3n4-c3ccccc3)c3ncc4c5ccccc5n(-c5ccccc5)c4n3)cc2)cc1. The van der Waals surface area contributed by atoms with E-state index in [-0.39, 0.29) is 0 Å². The molecule has 3 aromatic heterocycles. The molecule has 3 heterocycles. The molecule has 0 aliphatic carbocycles. The Balaban J connectivity index is 1.21. The summed E-state index contributed by atoms with van der Waals surface area (Å²) < 4.78 is 4.58. The van der Waals surface area contributed by atoms with E-state index in [4.69, 9.17) is 9.97 Å². The van der Waals surface area contributed by atoms with E-state index in [0.29, 0.717) is 5.95 Å². The third kappa shape index (κ3) is 4.78. The Labute approximate surface area is 294 Å². The third-order valence-corrected chi connectivity index (χ3v) is 9.78. The van der Waals surface area contributed by atoms with Crippen molar-refractivity contribution in [3.8, 4) is 22.5 Å². The fraction of sp³-hybridized carbons (Fsp3) is 0. The predicted octanol–water partition coefficient (Wildman–Crippen LogP) is 11.8. The number of aromatic nitrogens is 4. The topological polar surface area (TPSA) is 38.9 Å². The largest absolute Gasteiger partial charge is 0.309 e. The van der Waals surface area contributed by atoms with Gasteiger partial charge in [0.25, 0.3) is 0 Å². The first kappa shape index (κ1) is 29.0. The van der Waals surface area contributed by atoms with Crippen molar-refractivity contribution in [3.05, 3.63) is 188 Å². The lowest BCUT2D eigenvalue weighted by Gasteiger charge is -2.24. The van der Waals surface area contributed by atoms with Crippen LogP contribution in [0.1, 0.15) is 0 Å². The van der Waals surface area contributed by atoms with Gasteiger partial charge in [0.05, 0.1) is 16.6 Å². The van der Waals surface area contributed by atoms with E-state index >= 15 is 0 Å². The molecule has 0 aliphatic heterocycles. The van der Waals surface area contributed by atoms with Crippen molar-refractivity contribution in [1.82, 2.24) is 19.1 Å². The minimum atomic E-state index is 0.598. The van der Waals surface area contributed by atoms with E-state index in [1.807, 2.05) is 18.3 Å². The Bertz CT molecular complexity index is 2840. The standard InChI is InChI=1S/C46H31N5/c1-4-14-32(15-5-1)33-24-26-36(27-25-33)49(37-28-29-44-40(30-37)38-20-10-12-22-42(38)50(44)34-16-6-2-7-17-34)46-47-31-41-39-21-11-13-23-43(39)51(45(41)48-46)35-18-8-3-9-19-35/h1-31H. The maximum Gasteiger partial charge on any atom is 0.236 e. The van der Waals surface area contributed by atoms with Gasteiger partial charge in [-0.1, -0.05) is 115 Å². The summed E-state index contributed by atoms with van der Waals surface area (Å²) in [6.07, 6.45) is 1.98. The Morgan fingerprint density at radius 1 is 0.392 bits per heavy atom. The second-order valence-corrected chi connectivity index (χ2v) is 12.7. The van der Waals surface area contributed by atoms with Crippen LogP contribution >= 0.6 is 0 Å². The molecule has 0 bridgehead atoms. The number of hydrogen-bond acceptors (Lipinski definition) is 3. The van der Waals surface area contributed by atoms with Gasteiger partial charge in [0.1, 0.15) is 0 Å². The minimum Gasteiger partial charge on any atom is -0.309 e. The summed E-state index contributed by atoms with van der Waals surface area (Å²) in [5, 5.41) is 4.49. The lowest BCUT2D eigenvalue weighted by atomic mass is 10.1. The molecule has 10 aromatic rings. The normalized spacial score (nSPS) is 11.5. The van der Waals surface area contributed by atoms with E-state index in [1.54, 1.807) is 0 Å². The van der Waals surface area contributed by atoms with Gasteiger partial charge in [0, 0.05) is 50.5 Å². The van der Waals surface area contributed by atoms with Gasteiger partial charge in [0.2, 0.25) is 5.95 Å². The van der Waals surface area contributed by atoms with Crippen molar-refractivity contribution in [3.63, 3.8) is 0 Å². The average molecular weight is 654 g/mol. The van der Waals surface area contributed by atoms with Crippen molar-refractivity contribution in [2.24, 2.45) is 0 Å². The van der Waals surface area contributed by atoms with Crippen molar-refractivity contribution in [2.75, 3.05) is 4.90 Å².